The van der Waals surface area contributed by atoms with E-state index in [2.05, 4.69) is 46.6 Å². The summed E-state index contributed by atoms with van der Waals surface area (Å²) in [7, 11) is 0. The lowest BCUT2D eigenvalue weighted by molar-refractivity contribution is -0.124. The Labute approximate surface area is 240 Å². The summed E-state index contributed by atoms with van der Waals surface area (Å²) in [5, 5.41) is 8.00. The molecule has 2 heterocycles. The molecule has 2 atom stereocenters. The highest BCUT2D eigenvalue weighted by Gasteiger charge is 2.25. The molecule has 0 bridgehead atoms. The van der Waals surface area contributed by atoms with Crippen LogP contribution in [-0.2, 0) is 11.2 Å². The van der Waals surface area contributed by atoms with Crippen LogP contribution >= 0.6 is 11.3 Å². The molecule has 0 saturated heterocycles. The standard InChI is InChI=1S/C32H39FN4O2S/c1-6-25(7-2)37-29-15-12-23(18-27(29)35-30(37)19-26-9-8-16-40-26)31(38)36-28(17-20(3)4)32(39)34-21(5)22-10-13-24(33)14-11-22/h8-16,18,20-21,25,28H,6-7,17,19H2,1-5H3,(H,34,39)(H,36,38). The van der Waals surface area contributed by atoms with Crippen LogP contribution in [0.2, 0.25) is 0 Å². The molecule has 0 fully saturated rings. The fourth-order valence-corrected chi connectivity index (χ4v) is 5.84. The molecule has 4 aromatic rings. The molecule has 2 aromatic carbocycles. The van der Waals surface area contributed by atoms with Crippen molar-refractivity contribution in [1.82, 2.24) is 20.2 Å². The van der Waals surface area contributed by atoms with Gasteiger partial charge >= 0.3 is 0 Å². The van der Waals surface area contributed by atoms with Gasteiger partial charge in [-0.25, -0.2) is 9.37 Å². The van der Waals surface area contributed by atoms with E-state index < -0.39 is 6.04 Å². The SMILES string of the molecule is CCC(CC)n1c(Cc2cccs2)nc2cc(C(=O)NC(CC(C)C)C(=O)NC(C)c3ccc(F)cc3)ccc21. The molecule has 0 spiro atoms. The highest BCUT2D eigenvalue weighted by molar-refractivity contribution is 7.09. The third-order valence-electron chi connectivity index (χ3n) is 7.30. The summed E-state index contributed by atoms with van der Waals surface area (Å²) < 4.78 is 15.7. The number of carbonyl (C=O) groups excluding carboxylic acids is 2. The molecule has 6 nitrogen and oxygen atoms in total. The molecule has 4 rings (SSSR count). The fraction of sp³-hybridized carbons (Fsp3) is 0.406. The van der Waals surface area contributed by atoms with E-state index in [1.807, 2.05) is 39.0 Å². The topological polar surface area (TPSA) is 76.0 Å². The first-order valence-corrected chi connectivity index (χ1v) is 15.0. The van der Waals surface area contributed by atoms with Crippen LogP contribution in [0.5, 0.6) is 0 Å². The Morgan fingerprint density at radius 2 is 1.73 bits per heavy atom. The zero-order valence-electron chi connectivity index (χ0n) is 23.9. The summed E-state index contributed by atoms with van der Waals surface area (Å²) in [5.41, 5.74) is 3.06. The lowest BCUT2D eigenvalue weighted by atomic mass is 10.0. The van der Waals surface area contributed by atoms with Gasteiger partial charge in [-0.2, -0.15) is 0 Å². The average molecular weight is 563 g/mol. The van der Waals surface area contributed by atoms with Gasteiger partial charge in [0, 0.05) is 22.9 Å². The second-order valence-electron chi connectivity index (χ2n) is 10.8. The van der Waals surface area contributed by atoms with Crippen LogP contribution in [0.3, 0.4) is 0 Å². The maximum Gasteiger partial charge on any atom is 0.252 e. The van der Waals surface area contributed by atoms with E-state index in [-0.39, 0.29) is 29.6 Å². The number of benzene rings is 2. The molecule has 2 amide bonds. The van der Waals surface area contributed by atoms with E-state index in [0.29, 0.717) is 18.0 Å². The van der Waals surface area contributed by atoms with Gasteiger partial charge in [0.1, 0.15) is 17.7 Å². The Balaban J connectivity index is 1.56. The number of thiophene rings is 1. The number of amides is 2. The average Bonchev–Trinajstić information content (AvgIpc) is 3.57. The molecule has 212 valence electrons. The van der Waals surface area contributed by atoms with Crippen LogP contribution in [0, 0.1) is 11.7 Å². The zero-order valence-corrected chi connectivity index (χ0v) is 24.7. The number of halogens is 1. The molecule has 2 aromatic heterocycles. The van der Waals surface area contributed by atoms with Crippen molar-refractivity contribution in [3.8, 4) is 0 Å². The van der Waals surface area contributed by atoms with E-state index in [1.165, 1.54) is 17.0 Å². The van der Waals surface area contributed by atoms with E-state index in [4.69, 9.17) is 4.98 Å². The Kier molecular flexibility index (Phi) is 9.74. The van der Waals surface area contributed by atoms with Crippen LogP contribution in [0.25, 0.3) is 11.0 Å². The smallest absolute Gasteiger partial charge is 0.252 e. The highest BCUT2D eigenvalue weighted by atomic mass is 32.1. The zero-order chi connectivity index (χ0) is 28.8. The molecule has 0 radical (unpaired) electrons. The molecule has 0 saturated carbocycles. The van der Waals surface area contributed by atoms with E-state index >= 15 is 0 Å². The molecule has 0 aliphatic carbocycles. The maximum absolute atomic E-state index is 13.4. The van der Waals surface area contributed by atoms with E-state index in [1.54, 1.807) is 23.5 Å². The number of fused-ring (bicyclic) bond motifs is 1. The molecule has 0 aliphatic rings. The van der Waals surface area contributed by atoms with Crippen molar-refractivity contribution in [1.29, 1.82) is 0 Å². The van der Waals surface area contributed by atoms with Crippen LogP contribution in [0.15, 0.2) is 60.0 Å². The number of aromatic nitrogens is 2. The summed E-state index contributed by atoms with van der Waals surface area (Å²) in [4.78, 5) is 32.9. The van der Waals surface area contributed by atoms with Gasteiger partial charge in [-0.3, -0.25) is 9.59 Å². The summed E-state index contributed by atoms with van der Waals surface area (Å²) in [6.07, 6.45) is 3.21. The van der Waals surface area contributed by atoms with Crippen molar-refractivity contribution in [2.45, 2.75) is 78.4 Å². The van der Waals surface area contributed by atoms with Crippen molar-refractivity contribution >= 4 is 34.2 Å². The van der Waals surface area contributed by atoms with Crippen LogP contribution in [0.1, 0.15) is 92.6 Å². The predicted molar refractivity (Wildman–Crippen MR) is 160 cm³/mol. The lowest BCUT2D eigenvalue weighted by Gasteiger charge is -2.23. The first-order chi connectivity index (χ1) is 19.2. The van der Waals surface area contributed by atoms with Crippen LogP contribution in [0.4, 0.5) is 4.39 Å². The second-order valence-corrected chi connectivity index (χ2v) is 11.8. The van der Waals surface area contributed by atoms with Crippen molar-refractivity contribution in [3.05, 3.63) is 87.6 Å². The van der Waals surface area contributed by atoms with Crippen molar-refractivity contribution in [2.75, 3.05) is 0 Å². The third-order valence-corrected chi connectivity index (χ3v) is 8.18. The summed E-state index contributed by atoms with van der Waals surface area (Å²) in [6.45, 7) is 10.3. The van der Waals surface area contributed by atoms with Gasteiger partial charge < -0.3 is 15.2 Å². The number of nitrogens with one attached hydrogen (secondary N) is 2. The Hall–Kier alpha value is -3.52. The van der Waals surface area contributed by atoms with Crippen molar-refractivity contribution in [3.63, 3.8) is 0 Å². The number of nitrogens with zero attached hydrogens (tertiary/aromatic N) is 2. The number of hydrogen-bond donors (Lipinski definition) is 2. The van der Waals surface area contributed by atoms with Gasteiger partial charge in [-0.05, 0) is 79.4 Å². The molecular formula is C32H39FN4O2S. The van der Waals surface area contributed by atoms with E-state index in [9.17, 15) is 14.0 Å². The summed E-state index contributed by atoms with van der Waals surface area (Å²) in [6, 6.07) is 15.1. The number of hydrogen-bond acceptors (Lipinski definition) is 4. The minimum atomic E-state index is -0.706. The van der Waals surface area contributed by atoms with Crippen LogP contribution in [-0.4, -0.2) is 27.4 Å². The largest absolute Gasteiger partial charge is 0.348 e. The van der Waals surface area contributed by atoms with Gasteiger partial charge in [-0.1, -0.05) is 45.9 Å². The molecule has 40 heavy (non-hydrogen) atoms. The Bertz CT molecular complexity index is 1430. The molecule has 2 unspecified atom stereocenters. The molecular weight excluding hydrogens is 523 g/mol. The first-order valence-electron chi connectivity index (χ1n) is 14.1. The van der Waals surface area contributed by atoms with Gasteiger partial charge in [0.15, 0.2) is 0 Å². The highest BCUT2D eigenvalue weighted by Crippen LogP contribution is 2.28. The Morgan fingerprint density at radius 3 is 2.35 bits per heavy atom. The van der Waals surface area contributed by atoms with Gasteiger partial charge in [0.05, 0.1) is 17.1 Å². The van der Waals surface area contributed by atoms with Gasteiger partial charge in [-0.15, -0.1) is 11.3 Å². The van der Waals surface area contributed by atoms with Gasteiger partial charge in [0.2, 0.25) is 5.91 Å². The minimum absolute atomic E-state index is 0.190. The van der Waals surface area contributed by atoms with E-state index in [0.717, 1.165) is 41.7 Å². The maximum atomic E-state index is 13.4. The summed E-state index contributed by atoms with van der Waals surface area (Å²) >= 11 is 1.72. The van der Waals surface area contributed by atoms with Crippen LogP contribution < -0.4 is 10.6 Å². The van der Waals surface area contributed by atoms with Crippen molar-refractivity contribution < 1.29 is 14.0 Å². The minimum Gasteiger partial charge on any atom is -0.348 e. The van der Waals surface area contributed by atoms with Gasteiger partial charge in [0.25, 0.3) is 5.91 Å². The molecule has 2 N–H and O–H groups in total. The van der Waals surface area contributed by atoms with Crippen molar-refractivity contribution in [2.24, 2.45) is 5.92 Å². The second kappa shape index (κ2) is 13.2. The molecule has 0 aliphatic heterocycles. The number of imidazole rings is 1. The quantitative estimate of drug-likeness (QED) is 0.192. The number of carbonyl (C=O) groups is 2. The number of rotatable bonds is 12. The monoisotopic (exact) mass is 562 g/mol. The predicted octanol–water partition coefficient (Wildman–Crippen LogP) is 7.21. The third kappa shape index (κ3) is 6.97. The summed E-state index contributed by atoms with van der Waals surface area (Å²) in [5.74, 6) is 0.281. The first kappa shape index (κ1) is 29.5. The fourth-order valence-electron chi connectivity index (χ4n) is 5.14. The molecule has 8 heteroatoms. The lowest BCUT2D eigenvalue weighted by Crippen LogP contribution is -2.48. The Morgan fingerprint density at radius 1 is 1.00 bits per heavy atom. The normalized spacial score (nSPS) is 13.1.